The lowest BCUT2D eigenvalue weighted by atomic mass is 9.99. The van der Waals surface area contributed by atoms with Gasteiger partial charge in [0.15, 0.2) is 0 Å². The molecule has 2 heteroatoms. The quantitative estimate of drug-likeness (QED) is 0.314. The van der Waals surface area contributed by atoms with E-state index >= 15 is 0 Å². The Morgan fingerprint density at radius 2 is 0.917 bits per heavy atom. The van der Waals surface area contributed by atoms with Crippen molar-refractivity contribution in [1.29, 1.82) is 0 Å². The largest absolute Gasteiger partial charge is 0.456 e. The van der Waals surface area contributed by atoms with Gasteiger partial charge in [0.1, 0.15) is 22.3 Å². The zero-order valence-electron chi connectivity index (χ0n) is 12.7. The number of furan rings is 2. The third-order valence-corrected chi connectivity index (χ3v) is 4.86. The van der Waals surface area contributed by atoms with Crippen molar-refractivity contribution in [1.82, 2.24) is 0 Å². The van der Waals surface area contributed by atoms with Crippen LogP contribution in [0.1, 0.15) is 0 Å². The summed E-state index contributed by atoms with van der Waals surface area (Å²) >= 11 is 0. The third kappa shape index (κ3) is 1.41. The lowest BCUT2D eigenvalue weighted by molar-refractivity contribution is 0.669. The second kappa shape index (κ2) is 4.18. The molecule has 0 aliphatic rings. The molecule has 24 heavy (non-hydrogen) atoms. The van der Waals surface area contributed by atoms with Crippen LogP contribution in [0.15, 0.2) is 81.6 Å². The van der Waals surface area contributed by atoms with Gasteiger partial charge in [-0.2, -0.15) is 0 Å². The minimum Gasteiger partial charge on any atom is -0.456 e. The smallest absolute Gasteiger partial charge is 0.136 e. The van der Waals surface area contributed by atoms with E-state index in [2.05, 4.69) is 48.5 Å². The Hall–Kier alpha value is -3.26. The van der Waals surface area contributed by atoms with E-state index in [4.69, 9.17) is 8.83 Å². The first-order chi connectivity index (χ1) is 11.9. The third-order valence-electron chi connectivity index (χ3n) is 4.86. The van der Waals surface area contributed by atoms with Crippen molar-refractivity contribution in [2.45, 2.75) is 0 Å². The number of rotatable bonds is 0. The summed E-state index contributed by atoms with van der Waals surface area (Å²) in [5.74, 6) is 0. The molecule has 0 bridgehead atoms. The lowest BCUT2D eigenvalue weighted by Gasteiger charge is -2.02. The van der Waals surface area contributed by atoms with Gasteiger partial charge < -0.3 is 8.83 Å². The fourth-order valence-electron chi connectivity index (χ4n) is 3.85. The molecule has 0 unspecified atom stereocenters. The Bertz CT molecular complexity index is 1290. The summed E-state index contributed by atoms with van der Waals surface area (Å²) < 4.78 is 12.1. The first kappa shape index (κ1) is 12.2. The summed E-state index contributed by atoms with van der Waals surface area (Å²) in [6.07, 6.45) is 0. The fourth-order valence-corrected chi connectivity index (χ4v) is 3.85. The van der Waals surface area contributed by atoms with Crippen LogP contribution in [-0.2, 0) is 0 Å². The van der Waals surface area contributed by atoms with Crippen molar-refractivity contribution in [3.8, 4) is 0 Å². The SMILES string of the molecule is c1ccc2c(c1)oc1ccc3ccc4oc5ccccc5c4c3c12. The Morgan fingerprint density at radius 1 is 0.417 bits per heavy atom. The van der Waals surface area contributed by atoms with Crippen LogP contribution in [-0.4, -0.2) is 0 Å². The molecular formula is C22H12O2. The summed E-state index contributed by atoms with van der Waals surface area (Å²) in [6.45, 7) is 0. The van der Waals surface area contributed by atoms with Gasteiger partial charge in [0, 0.05) is 26.9 Å². The Balaban J connectivity index is 2.02. The van der Waals surface area contributed by atoms with E-state index in [1.807, 2.05) is 24.3 Å². The Kier molecular flexibility index (Phi) is 2.12. The van der Waals surface area contributed by atoms with Crippen molar-refractivity contribution in [3.63, 3.8) is 0 Å². The van der Waals surface area contributed by atoms with E-state index in [0.29, 0.717) is 0 Å². The van der Waals surface area contributed by atoms with Crippen LogP contribution in [0, 0.1) is 0 Å². The molecule has 112 valence electrons. The summed E-state index contributed by atoms with van der Waals surface area (Å²) in [5, 5.41) is 7.04. The van der Waals surface area contributed by atoms with Crippen LogP contribution >= 0.6 is 0 Å². The average molecular weight is 308 g/mol. The zero-order valence-corrected chi connectivity index (χ0v) is 12.7. The molecule has 0 atom stereocenters. The number of benzene rings is 4. The van der Waals surface area contributed by atoms with Gasteiger partial charge in [-0.25, -0.2) is 0 Å². The topological polar surface area (TPSA) is 26.3 Å². The molecular weight excluding hydrogens is 296 g/mol. The van der Waals surface area contributed by atoms with Crippen molar-refractivity contribution < 1.29 is 8.83 Å². The van der Waals surface area contributed by atoms with Gasteiger partial charge in [0.25, 0.3) is 0 Å². The van der Waals surface area contributed by atoms with Crippen LogP contribution < -0.4 is 0 Å². The molecule has 0 amide bonds. The second-order valence-electron chi connectivity index (χ2n) is 6.17. The van der Waals surface area contributed by atoms with Crippen molar-refractivity contribution in [2.75, 3.05) is 0 Å². The fraction of sp³-hybridized carbons (Fsp3) is 0. The van der Waals surface area contributed by atoms with E-state index in [1.54, 1.807) is 0 Å². The highest BCUT2D eigenvalue weighted by Crippen LogP contribution is 2.41. The van der Waals surface area contributed by atoms with Crippen molar-refractivity contribution in [3.05, 3.63) is 72.8 Å². The number of fused-ring (bicyclic) bond motifs is 9. The van der Waals surface area contributed by atoms with E-state index < -0.39 is 0 Å². The Labute approximate surface area is 136 Å². The monoisotopic (exact) mass is 308 g/mol. The molecule has 2 heterocycles. The predicted molar refractivity (Wildman–Crippen MR) is 98.5 cm³/mol. The van der Waals surface area contributed by atoms with Crippen molar-refractivity contribution in [2.24, 2.45) is 0 Å². The van der Waals surface area contributed by atoms with E-state index in [-0.39, 0.29) is 0 Å². The molecule has 0 saturated heterocycles. The maximum absolute atomic E-state index is 6.07. The minimum atomic E-state index is 0.918. The summed E-state index contributed by atoms with van der Waals surface area (Å²) in [6, 6.07) is 24.8. The van der Waals surface area contributed by atoms with Crippen LogP contribution in [0.3, 0.4) is 0 Å². The average Bonchev–Trinajstić information content (AvgIpc) is 3.19. The summed E-state index contributed by atoms with van der Waals surface area (Å²) in [7, 11) is 0. The molecule has 2 nitrogen and oxygen atoms in total. The second-order valence-corrected chi connectivity index (χ2v) is 6.17. The van der Waals surface area contributed by atoms with Crippen LogP contribution in [0.25, 0.3) is 54.6 Å². The molecule has 0 radical (unpaired) electrons. The molecule has 0 N–H and O–H groups in total. The minimum absolute atomic E-state index is 0.918. The van der Waals surface area contributed by atoms with Crippen LogP contribution in [0.2, 0.25) is 0 Å². The number of hydrogen-bond donors (Lipinski definition) is 0. The van der Waals surface area contributed by atoms with E-state index in [9.17, 15) is 0 Å². The molecule has 0 aliphatic carbocycles. The normalized spacial score (nSPS) is 12.2. The number of para-hydroxylation sites is 2. The van der Waals surface area contributed by atoms with Gasteiger partial charge in [-0.05, 0) is 29.7 Å². The first-order valence-corrected chi connectivity index (χ1v) is 8.04. The molecule has 0 fully saturated rings. The van der Waals surface area contributed by atoms with Gasteiger partial charge in [-0.1, -0.05) is 48.5 Å². The summed E-state index contributed by atoms with van der Waals surface area (Å²) in [4.78, 5) is 0. The van der Waals surface area contributed by atoms with Gasteiger partial charge in [-0.15, -0.1) is 0 Å². The maximum atomic E-state index is 6.07. The van der Waals surface area contributed by atoms with E-state index in [0.717, 1.165) is 33.1 Å². The standard InChI is InChI=1S/C22H12O2/c1-3-7-16-14(5-1)21-18(23-16)11-9-13-10-12-19-22(20(13)21)15-6-2-4-8-17(15)24-19/h1-12H. The molecule has 0 saturated carbocycles. The maximum Gasteiger partial charge on any atom is 0.136 e. The van der Waals surface area contributed by atoms with Crippen molar-refractivity contribution >= 4 is 54.6 Å². The van der Waals surface area contributed by atoms with Crippen LogP contribution in [0.4, 0.5) is 0 Å². The van der Waals surface area contributed by atoms with Gasteiger partial charge in [0.05, 0.1) is 0 Å². The van der Waals surface area contributed by atoms with Gasteiger partial charge in [-0.3, -0.25) is 0 Å². The molecule has 6 aromatic rings. The highest BCUT2D eigenvalue weighted by atomic mass is 16.3. The molecule has 0 aliphatic heterocycles. The first-order valence-electron chi connectivity index (χ1n) is 8.04. The number of hydrogen-bond acceptors (Lipinski definition) is 2. The molecule has 0 spiro atoms. The summed E-state index contributed by atoms with van der Waals surface area (Å²) in [5.41, 5.74) is 3.68. The van der Waals surface area contributed by atoms with Gasteiger partial charge >= 0.3 is 0 Å². The van der Waals surface area contributed by atoms with Crippen LogP contribution in [0.5, 0.6) is 0 Å². The van der Waals surface area contributed by atoms with E-state index in [1.165, 1.54) is 21.5 Å². The lowest BCUT2D eigenvalue weighted by Crippen LogP contribution is -1.77. The highest BCUT2D eigenvalue weighted by molar-refractivity contribution is 6.30. The molecule has 6 rings (SSSR count). The molecule has 2 aromatic heterocycles. The Morgan fingerprint density at radius 3 is 1.46 bits per heavy atom. The van der Waals surface area contributed by atoms with Gasteiger partial charge in [0.2, 0.25) is 0 Å². The molecule has 4 aromatic carbocycles. The zero-order chi connectivity index (χ0) is 15.7. The predicted octanol–water partition coefficient (Wildman–Crippen LogP) is 6.64. The highest BCUT2D eigenvalue weighted by Gasteiger charge is 2.16.